The molecular formula is C5H4CaN4O2. The van der Waals surface area contributed by atoms with E-state index in [0.29, 0.717) is 0 Å². The molecule has 0 saturated heterocycles. The van der Waals surface area contributed by atoms with E-state index in [1.807, 2.05) is 4.98 Å². The van der Waals surface area contributed by atoms with E-state index in [4.69, 9.17) is 0 Å². The molecule has 0 aliphatic heterocycles. The zero-order valence-corrected chi connectivity index (χ0v) is 8.18. The summed E-state index contributed by atoms with van der Waals surface area (Å²) in [4.78, 5) is 31.9. The summed E-state index contributed by atoms with van der Waals surface area (Å²) in [6.45, 7) is 0. The van der Waals surface area contributed by atoms with Gasteiger partial charge in [0.2, 0.25) is 5.56 Å². The van der Waals surface area contributed by atoms with Crippen LogP contribution in [0.15, 0.2) is 9.59 Å². The van der Waals surface area contributed by atoms with Crippen molar-refractivity contribution in [1.29, 1.82) is 0 Å². The van der Waals surface area contributed by atoms with Gasteiger partial charge in [-0.2, -0.15) is 0 Å². The first kappa shape index (κ1) is 9.50. The fraction of sp³-hybridized carbons (Fsp3) is 0. The van der Waals surface area contributed by atoms with E-state index in [1.165, 1.54) is 0 Å². The van der Waals surface area contributed by atoms with Crippen LogP contribution in [0.4, 0.5) is 0 Å². The fourth-order valence-corrected chi connectivity index (χ4v) is 0.814. The number of nitrogens with zero attached hydrogens (tertiary/aromatic N) is 1. The Morgan fingerprint density at radius 2 is 2.08 bits per heavy atom. The van der Waals surface area contributed by atoms with Gasteiger partial charge in [-0.15, -0.1) is 0 Å². The first-order valence-electron chi connectivity index (χ1n) is 2.86. The van der Waals surface area contributed by atoms with Gasteiger partial charge in [-0.1, -0.05) is 0 Å². The number of aromatic nitrogens is 4. The molecule has 3 N–H and O–H groups in total. The molecule has 58 valence electrons. The van der Waals surface area contributed by atoms with Crippen molar-refractivity contribution in [2.24, 2.45) is 0 Å². The maximum absolute atomic E-state index is 10.9. The first-order valence-corrected chi connectivity index (χ1v) is 2.86. The van der Waals surface area contributed by atoms with Crippen LogP contribution in [0, 0.1) is 6.33 Å². The van der Waals surface area contributed by atoms with Gasteiger partial charge in [-0.05, 0) is 5.52 Å². The summed E-state index contributed by atoms with van der Waals surface area (Å²) in [5.41, 5.74) is -0.608. The van der Waals surface area contributed by atoms with Gasteiger partial charge >= 0.3 is 43.4 Å². The standard InChI is InChI=1S/C5H3N4O2.Ca.H/c10-4-2-3(7-1-6-2)8-5(11)9-4;;/h(H3,6,7,8,9,10,11);;/q-1;+2;-1. The quantitative estimate of drug-likeness (QED) is 0.349. The van der Waals surface area contributed by atoms with Crippen LogP contribution in [-0.4, -0.2) is 57.7 Å². The average molecular weight is 192 g/mol. The summed E-state index contributed by atoms with van der Waals surface area (Å²) in [7, 11) is 0. The second-order valence-electron chi connectivity index (χ2n) is 1.98. The minimum atomic E-state index is -0.567. The van der Waals surface area contributed by atoms with E-state index in [2.05, 4.69) is 21.3 Å². The van der Waals surface area contributed by atoms with Crippen molar-refractivity contribution in [1.82, 2.24) is 19.9 Å². The molecule has 0 saturated carbocycles. The molecule has 0 aliphatic rings. The molecule has 12 heavy (non-hydrogen) atoms. The second-order valence-corrected chi connectivity index (χ2v) is 1.98. The predicted octanol–water partition coefficient (Wildman–Crippen LogP) is -1.53. The van der Waals surface area contributed by atoms with Crippen molar-refractivity contribution in [2.75, 3.05) is 0 Å². The van der Waals surface area contributed by atoms with Crippen molar-refractivity contribution in [2.45, 2.75) is 0 Å². The maximum Gasteiger partial charge on any atom is 2.00 e. The number of nitrogens with one attached hydrogen (secondary N) is 3. The monoisotopic (exact) mass is 192 g/mol. The Bertz CT molecular complexity index is 501. The van der Waals surface area contributed by atoms with E-state index in [0.717, 1.165) is 0 Å². The fourth-order valence-electron chi connectivity index (χ4n) is 0.814. The smallest absolute Gasteiger partial charge is 1.00 e. The molecule has 0 spiro atoms. The van der Waals surface area contributed by atoms with E-state index >= 15 is 0 Å². The summed E-state index contributed by atoms with van der Waals surface area (Å²) in [5, 5.41) is 0. The first-order chi connectivity index (χ1) is 5.27. The third kappa shape index (κ3) is 1.45. The minimum absolute atomic E-state index is 0. The molecule has 0 atom stereocenters. The third-order valence-electron chi connectivity index (χ3n) is 1.27. The van der Waals surface area contributed by atoms with Crippen molar-refractivity contribution < 1.29 is 1.43 Å². The maximum atomic E-state index is 10.9. The zero-order chi connectivity index (χ0) is 7.84. The molecule has 0 unspecified atom stereocenters. The van der Waals surface area contributed by atoms with E-state index in [-0.39, 0.29) is 50.3 Å². The summed E-state index contributed by atoms with van der Waals surface area (Å²) in [6, 6.07) is 0. The van der Waals surface area contributed by atoms with Gasteiger partial charge in [0.1, 0.15) is 0 Å². The van der Waals surface area contributed by atoms with Crippen molar-refractivity contribution >= 4 is 48.9 Å². The van der Waals surface area contributed by atoms with Gasteiger partial charge in [0.25, 0.3) is 0 Å². The van der Waals surface area contributed by atoms with Crippen molar-refractivity contribution in [3.8, 4) is 0 Å². The Kier molecular flexibility index (Phi) is 2.71. The van der Waals surface area contributed by atoms with E-state index < -0.39 is 11.2 Å². The Morgan fingerprint density at radius 1 is 1.33 bits per heavy atom. The summed E-state index contributed by atoms with van der Waals surface area (Å²) in [5.74, 6) is 0. The van der Waals surface area contributed by atoms with Crippen LogP contribution in [0.5, 0.6) is 0 Å². The van der Waals surface area contributed by atoms with Gasteiger partial charge < -0.3 is 16.4 Å². The molecule has 0 amide bonds. The predicted molar refractivity (Wildman–Crippen MR) is 43.0 cm³/mol. The largest absolute Gasteiger partial charge is 2.00 e. The van der Waals surface area contributed by atoms with Crippen molar-refractivity contribution in [3.05, 3.63) is 27.2 Å². The molecule has 6 nitrogen and oxygen atoms in total. The molecule has 0 radical (unpaired) electrons. The van der Waals surface area contributed by atoms with Crippen LogP contribution < -0.4 is 11.2 Å². The number of aromatic amines is 3. The molecule has 0 aliphatic carbocycles. The molecule has 0 fully saturated rings. The van der Waals surface area contributed by atoms with Gasteiger partial charge in [-0.3, -0.25) is 9.78 Å². The van der Waals surface area contributed by atoms with Gasteiger partial charge in [0.15, 0.2) is 0 Å². The third-order valence-corrected chi connectivity index (χ3v) is 1.27. The Hall–Kier alpha value is -0.590. The number of H-pyrrole nitrogens is 3. The van der Waals surface area contributed by atoms with Crippen LogP contribution in [0.25, 0.3) is 11.2 Å². The molecular weight excluding hydrogens is 188 g/mol. The summed E-state index contributed by atoms with van der Waals surface area (Å²) >= 11 is 0. The van der Waals surface area contributed by atoms with Gasteiger partial charge in [0, 0.05) is 12.0 Å². The molecule has 2 heterocycles. The van der Waals surface area contributed by atoms with Crippen LogP contribution in [-0.2, 0) is 0 Å². The topological polar surface area (TPSA) is 94.4 Å². The molecule has 7 heteroatoms. The van der Waals surface area contributed by atoms with Gasteiger partial charge in [-0.25, -0.2) is 4.79 Å². The SMILES string of the molecule is O=c1[nH]c(=O)c2[nH][c-]nc2[nH]1.[Ca+2].[H-]. The molecule has 0 aromatic carbocycles. The van der Waals surface area contributed by atoms with Gasteiger partial charge in [0.05, 0.1) is 0 Å². The number of fused-ring (bicyclic) bond motifs is 1. The van der Waals surface area contributed by atoms with Crippen LogP contribution in [0.3, 0.4) is 0 Å². The summed E-state index contributed by atoms with van der Waals surface area (Å²) < 4.78 is 0. The Labute approximate surface area is 96.9 Å². The minimum Gasteiger partial charge on any atom is -1.00 e. The molecule has 2 rings (SSSR count). The normalized spacial score (nSPS) is 9.67. The Balaban J connectivity index is 0.000000720. The molecule has 2 aromatic heterocycles. The van der Waals surface area contributed by atoms with Crippen LogP contribution in [0.2, 0.25) is 0 Å². The number of imidazole rings is 1. The number of rotatable bonds is 0. The van der Waals surface area contributed by atoms with Crippen molar-refractivity contribution in [3.63, 3.8) is 0 Å². The van der Waals surface area contributed by atoms with Crippen LogP contribution in [0.1, 0.15) is 1.43 Å². The zero-order valence-electron chi connectivity index (χ0n) is 6.97. The van der Waals surface area contributed by atoms with E-state index in [1.54, 1.807) is 0 Å². The Morgan fingerprint density at radius 3 is 2.83 bits per heavy atom. The number of hydrogen-bond donors (Lipinski definition) is 3. The second kappa shape index (κ2) is 3.42. The average Bonchev–Trinajstić information content (AvgIpc) is 2.34. The number of hydrogen-bond acceptors (Lipinski definition) is 3. The van der Waals surface area contributed by atoms with Crippen LogP contribution >= 0.6 is 0 Å². The molecule has 0 bridgehead atoms. The molecule has 2 aromatic rings. The summed E-state index contributed by atoms with van der Waals surface area (Å²) in [6.07, 6.45) is 2.34. The van der Waals surface area contributed by atoms with E-state index in [9.17, 15) is 9.59 Å².